The van der Waals surface area contributed by atoms with E-state index in [2.05, 4.69) is 38.1 Å². The minimum absolute atomic E-state index is 0.716. The van der Waals surface area contributed by atoms with E-state index in [1.807, 2.05) is 0 Å². The molecule has 0 bridgehead atoms. The fourth-order valence-electron chi connectivity index (χ4n) is 0.870. The topological polar surface area (TPSA) is 0 Å². The summed E-state index contributed by atoms with van der Waals surface area (Å²) in [6, 6.07) is 8.76. The van der Waals surface area contributed by atoms with Gasteiger partial charge in [-0.1, -0.05) is 0 Å². The zero-order valence-corrected chi connectivity index (χ0v) is 8.89. The number of benzene rings is 1. The minimum atomic E-state index is 0.716. The van der Waals surface area contributed by atoms with Crippen LogP contribution in [0.3, 0.4) is 0 Å². The van der Waals surface area contributed by atoms with Crippen LogP contribution in [-0.4, -0.2) is 16.9 Å². The normalized spacial score (nSPS) is 13.1. The van der Waals surface area contributed by atoms with E-state index in [9.17, 15) is 0 Å². The van der Waals surface area contributed by atoms with Crippen molar-refractivity contribution in [2.45, 2.75) is 18.6 Å². The van der Waals surface area contributed by atoms with Gasteiger partial charge in [0.25, 0.3) is 0 Å². The van der Waals surface area contributed by atoms with Crippen LogP contribution in [0.2, 0.25) is 0 Å². The van der Waals surface area contributed by atoms with Gasteiger partial charge in [-0.25, -0.2) is 0 Å². The molecule has 0 aliphatic carbocycles. The van der Waals surface area contributed by atoms with Gasteiger partial charge in [0.1, 0.15) is 0 Å². The predicted octanol–water partition coefficient (Wildman–Crippen LogP) is 1.69. The molecule has 1 aromatic rings. The van der Waals surface area contributed by atoms with Crippen LogP contribution in [0.5, 0.6) is 0 Å². The average Bonchev–Trinajstić information content (AvgIpc) is 1.88. The first-order valence-corrected chi connectivity index (χ1v) is 4.92. The summed E-state index contributed by atoms with van der Waals surface area (Å²) in [7, 11) is 0. The van der Waals surface area contributed by atoms with Crippen molar-refractivity contribution in [3.63, 3.8) is 0 Å². The van der Waals surface area contributed by atoms with Crippen LogP contribution in [0.25, 0.3) is 0 Å². The van der Waals surface area contributed by atoms with E-state index in [0.29, 0.717) is 4.71 Å². The van der Waals surface area contributed by atoms with Gasteiger partial charge < -0.3 is 0 Å². The van der Waals surface area contributed by atoms with E-state index in [0.717, 1.165) is 0 Å². The average molecular weight is 196 g/mol. The molecule has 0 fully saturated rings. The molecule has 2 unspecified atom stereocenters. The first-order valence-electron chi connectivity index (χ1n) is 3.52. The number of rotatable bonds is 1. The van der Waals surface area contributed by atoms with Crippen LogP contribution in [0.15, 0.2) is 24.3 Å². The molecule has 0 aliphatic rings. The first kappa shape index (κ1) is 7.88. The van der Waals surface area contributed by atoms with Crippen LogP contribution >= 0.6 is 0 Å². The molecule has 0 radical (unpaired) electrons. The zero-order valence-electron chi connectivity index (χ0n) is 6.46. The second-order valence-corrected chi connectivity index (χ2v) is 4.80. The molecule has 0 aliphatic heterocycles. The monoisotopic (exact) mass is 196 g/mol. The van der Waals surface area contributed by atoms with Gasteiger partial charge >= 0.3 is 70.8 Å². The molecule has 0 heterocycles. The fourth-order valence-corrected chi connectivity index (χ4v) is 1.34. The standard InChI is InChI=1S/C9H13As/c1-7-3-5-9(6-4-7)8(2)10/h3-6,8H,10H2,1-2H3. The van der Waals surface area contributed by atoms with E-state index in [-0.39, 0.29) is 0 Å². The predicted molar refractivity (Wildman–Crippen MR) is 48.1 cm³/mol. The Morgan fingerprint density at radius 1 is 1.20 bits per heavy atom. The van der Waals surface area contributed by atoms with Gasteiger partial charge in [0, 0.05) is 0 Å². The summed E-state index contributed by atoms with van der Waals surface area (Å²) in [4.78, 5) is 0. The number of hydrogen-bond donors (Lipinski definition) is 0. The summed E-state index contributed by atoms with van der Waals surface area (Å²) >= 11 is 1.78. The molecule has 54 valence electrons. The van der Waals surface area contributed by atoms with E-state index < -0.39 is 0 Å². The van der Waals surface area contributed by atoms with E-state index in [1.54, 1.807) is 16.9 Å². The van der Waals surface area contributed by atoms with Crippen molar-refractivity contribution in [1.29, 1.82) is 0 Å². The van der Waals surface area contributed by atoms with Crippen LogP contribution in [-0.2, 0) is 0 Å². The van der Waals surface area contributed by atoms with Gasteiger partial charge in [0.2, 0.25) is 0 Å². The van der Waals surface area contributed by atoms with Crippen molar-refractivity contribution in [2.24, 2.45) is 0 Å². The van der Waals surface area contributed by atoms with Crippen molar-refractivity contribution in [3.8, 4) is 0 Å². The molecule has 1 aromatic carbocycles. The van der Waals surface area contributed by atoms with E-state index in [4.69, 9.17) is 0 Å². The van der Waals surface area contributed by atoms with Crippen LogP contribution in [0.4, 0.5) is 0 Å². The van der Waals surface area contributed by atoms with Crippen LogP contribution < -0.4 is 0 Å². The van der Waals surface area contributed by atoms with Crippen molar-refractivity contribution in [1.82, 2.24) is 0 Å². The number of hydrogen-bond acceptors (Lipinski definition) is 0. The Hall–Kier alpha value is -0.222. The van der Waals surface area contributed by atoms with Gasteiger partial charge in [-0.2, -0.15) is 0 Å². The molecule has 0 saturated carbocycles. The van der Waals surface area contributed by atoms with E-state index >= 15 is 0 Å². The van der Waals surface area contributed by atoms with Crippen molar-refractivity contribution in [2.75, 3.05) is 0 Å². The Morgan fingerprint density at radius 2 is 1.70 bits per heavy atom. The maximum atomic E-state index is 2.24. The summed E-state index contributed by atoms with van der Waals surface area (Å²) in [6.07, 6.45) is 0. The first-order chi connectivity index (χ1) is 4.70. The maximum absolute atomic E-state index is 2.24. The Kier molecular flexibility index (Phi) is 2.56. The Morgan fingerprint density at radius 3 is 2.10 bits per heavy atom. The molecular formula is C9H13As. The van der Waals surface area contributed by atoms with E-state index in [1.165, 1.54) is 11.1 Å². The molecule has 0 N–H and O–H groups in total. The second-order valence-electron chi connectivity index (χ2n) is 2.70. The third-order valence-electron chi connectivity index (χ3n) is 1.60. The molecule has 0 spiro atoms. The second kappa shape index (κ2) is 3.25. The molecule has 0 saturated heterocycles. The van der Waals surface area contributed by atoms with Crippen molar-refractivity contribution < 1.29 is 0 Å². The quantitative estimate of drug-likeness (QED) is 0.599. The van der Waals surface area contributed by atoms with Crippen molar-refractivity contribution >= 4 is 16.9 Å². The molecule has 0 aromatic heterocycles. The molecular weight excluding hydrogens is 183 g/mol. The fraction of sp³-hybridized carbons (Fsp3) is 0.333. The van der Waals surface area contributed by atoms with Gasteiger partial charge in [0.15, 0.2) is 0 Å². The summed E-state index contributed by atoms with van der Waals surface area (Å²) in [5.41, 5.74) is 2.79. The third-order valence-corrected chi connectivity index (χ3v) is 2.41. The summed E-state index contributed by atoms with van der Waals surface area (Å²) in [5, 5.41) is 0. The van der Waals surface area contributed by atoms with Crippen LogP contribution in [0.1, 0.15) is 22.8 Å². The summed E-state index contributed by atoms with van der Waals surface area (Å²) in [5.74, 6) is 0. The molecule has 0 nitrogen and oxygen atoms in total. The Bertz CT molecular complexity index is 198. The zero-order chi connectivity index (χ0) is 7.56. The third kappa shape index (κ3) is 1.88. The molecule has 10 heavy (non-hydrogen) atoms. The molecule has 1 rings (SSSR count). The Balaban J connectivity index is 2.89. The summed E-state index contributed by atoms with van der Waals surface area (Å²) < 4.78 is 0.716. The van der Waals surface area contributed by atoms with Crippen molar-refractivity contribution in [3.05, 3.63) is 35.4 Å². The number of aryl methyl sites for hydroxylation is 1. The SMILES string of the molecule is Cc1ccc(C(C)[AsH2])cc1. The molecule has 0 amide bonds. The molecule has 1 heteroatoms. The molecule has 2 atom stereocenters. The van der Waals surface area contributed by atoms with Gasteiger partial charge in [-0.15, -0.1) is 0 Å². The van der Waals surface area contributed by atoms with Gasteiger partial charge in [0.05, 0.1) is 0 Å². The summed E-state index contributed by atoms with van der Waals surface area (Å²) in [6.45, 7) is 4.36. The van der Waals surface area contributed by atoms with Crippen LogP contribution in [0, 0.1) is 6.92 Å². The Labute approximate surface area is 71.1 Å². The van der Waals surface area contributed by atoms with Gasteiger partial charge in [-0.3, -0.25) is 0 Å². The van der Waals surface area contributed by atoms with Gasteiger partial charge in [-0.05, 0) is 0 Å².